The molecule has 2 aromatic rings. The van der Waals surface area contributed by atoms with E-state index in [-0.39, 0.29) is 6.04 Å². The van der Waals surface area contributed by atoms with E-state index in [1.54, 1.807) is 6.07 Å². The number of nitrogen functional groups attached to an aromatic ring is 1. The third kappa shape index (κ3) is 2.61. The normalized spacial score (nSPS) is 13.1. The summed E-state index contributed by atoms with van der Waals surface area (Å²) in [6, 6.07) is 7.89. The molecule has 2 rings (SSSR count). The summed E-state index contributed by atoms with van der Waals surface area (Å²) < 4.78 is 2.06. The molecule has 5 nitrogen and oxygen atoms in total. The molecule has 0 radical (unpaired) electrons. The van der Waals surface area contributed by atoms with Crippen LogP contribution in [0.25, 0.3) is 11.0 Å². The van der Waals surface area contributed by atoms with Crippen LogP contribution in [0.15, 0.2) is 18.2 Å². The fraction of sp³-hybridized carbons (Fsp3) is 0.467. The maximum Gasteiger partial charge on any atom is 0.201 e. The number of anilines is 1. The van der Waals surface area contributed by atoms with Crippen LogP contribution in [0.3, 0.4) is 0 Å². The van der Waals surface area contributed by atoms with Crippen LogP contribution in [0.2, 0.25) is 0 Å². The van der Waals surface area contributed by atoms with Gasteiger partial charge in [-0.3, -0.25) is 0 Å². The van der Waals surface area contributed by atoms with Crippen molar-refractivity contribution >= 4 is 17.0 Å². The maximum atomic E-state index is 9.07. The summed E-state index contributed by atoms with van der Waals surface area (Å²) >= 11 is 0. The van der Waals surface area contributed by atoms with Gasteiger partial charge in [-0.25, -0.2) is 4.98 Å². The smallest absolute Gasteiger partial charge is 0.201 e. The number of nitrogens with two attached hydrogens (primary N) is 1. The second-order valence-electron chi connectivity index (χ2n) is 5.73. The molecule has 0 aliphatic heterocycles. The van der Waals surface area contributed by atoms with E-state index in [1.165, 1.54) is 0 Å². The molecule has 0 aliphatic carbocycles. The van der Waals surface area contributed by atoms with Gasteiger partial charge < -0.3 is 15.2 Å². The first-order valence-corrected chi connectivity index (χ1v) is 6.76. The molecule has 1 atom stereocenters. The van der Waals surface area contributed by atoms with Crippen LogP contribution >= 0.6 is 0 Å². The molecule has 1 aromatic carbocycles. The predicted octanol–water partition coefficient (Wildman–Crippen LogP) is 2.25. The van der Waals surface area contributed by atoms with Crippen LogP contribution in [0.1, 0.15) is 25.5 Å². The first kappa shape index (κ1) is 14.4. The monoisotopic (exact) mass is 271 g/mol. The van der Waals surface area contributed by atoms with E-state index in [4.69, 9.17) is 11.0 Å². The Hall–Kier alpha value is -2.06. The molecule has 1 unspecified atom stereocenters. The van der Waals surface area contributed by atoms with Gasteiger partial charge in [0.05, 0.1) is 28.7 Å². The molecular weight excluding hydrogens is 250 g/mol. The third-order valence-corrected chi connectivity index (χ3v) is 3.50. The maximum absolute atomic E-state index is 9.07. The highest BCUT2D eigenvalue weighted by molar-refractivity contribution is 5.80. The summed E-state index contributed by atoms with van der Waals surface area (Å²) in [4.78, 5) is 6.55. The highest BCUT2D eigenvalue weighted by atomic mass is 15.2. The number of likely N-dealkylation sites (N-methyl/N-ethyl adjacent to an activating group) is 1. The topological polar surface area (TPSA) is 70.9 Å². The van der Waals surface area contributed by atoms with Crippen molar-refractivity contribution in [3.05, 3.63) is 23.8 Å². The zero-order valence-electron chi connectivity index (χ0n) is 12.5. The zero-order chi connectivity index (χ0) is 14.9. The summed E-state index contributed by atoms with van der Waals surface area (Å²) in [5.41, 5.74) is 8.51. The van der Waals surface area contributed by atoms with Crippen molar-refractivity contribution in [1.29, 1.82) is 5.26 Å². The second kappa shape index (κ2) is 5.51. The van der Waals surface area contributed by atoms with Gasteiger partial charge >= 0.3 is 0 Å². The quantitative estimate of drug-likeness (QED) is 0.925. The van der Waals surface area contributed by atoms with Gasteiger partial charge in [0.15, 0.2) is 0 Å². The molecule has 2 N–H and O–H groups in total. The van der Waals surface area contributed by atoms with Crippen LogP contribution in [0.4, 0.5) is 5.95 Å². The van der Waals surface area contributed by atoms with Gasteiger partial charge in [-0.05, 0) is 38.2 Å². The Balaban J connectivity index is 2.61. The van der Waals surface area contributed by atoms with Gasteiger partial charge in [-0.2, -0.15) is 5.26 Å². The van der Waals surface area contributed by atoms with Crippen LogP contribution < -0.4 is 5.73 Å². The van der Waals surface area contributed by atoms with Crippen LogP contribution in [0.5, 0.6) is 0 Å². The molecule has 20 heavy (non-hydrogen) atoms. The van der Waals surface area contributed by atoms with Crippen molar-refractivity contribution in [1.82, 2.24) is 14.5 Å². The number of nitrogens with zero attached hydrogens (tertiary/aromatic N) is 4. The Morgan fingerprint density at radius 3 is 2.65 bits per heavy atom. The number of fused-ring (bicyclic) bond motifs is 1. The number of hydrogen-bond acceptors (Lipinski definition) is 4. The predicted molar refractivity (Wildman–Crippen MR) is 81.3 cm³/mol. The average Bonchev–Trinajstić information content (AvgIpc) is 2.70. The van der Waals surface area contributed by atoms with Crippen LogP contribution in [0, 0.1) is 17.2 Å². The second-order valence-corrected chi connectivity index (χ2v) is 5.73. The Bertz CT molecular complexity index is 648. The lowest BCUT2D eigenvalue weighted by Crippen LogP contribution is -2.28. The van der Waals surface area contributed by atoms with Crippen molar-refractivity contribution in [3.63, 3.8) is 0 Å². The summed E-state index contributed by atoms with van der Waals surface area (Å²) in [5.74, 6) is 0.929. The van der Waals surface area contributed by atoms with Gasteiger partial charge in [-0.1, -0.05) is 13.8 Å². The van der Waals surface area contributed by atoms with Crippen molar-refractivity contribution in [2.45, 2.75) is 19.9 Å². The molecule has 0 amide bonds. The van der Waals surface area contributed by atoms with Crippen LogP contribution in [-0.4, -0.2) is 35.1 Å². The fourth-order valence-electron chi connectivity index (χ4n) is 2.49. The van der Waals surface area contributed by atoms with E-state index in [9.17, 15) is 0 Å². The fourth-order valence-corrected chi connectivity index (χ4v) is 2.49. The molecule has 0 spiro atoms. The number of aromatic nitrogens is 2. The Kier molecular flexibility index (Phi) is 3.96. The molecule has 0 aliphatic rings. The highest BCUT2D eigenvalue weighted by Gasteiger charge is 2.21. The van der Waals surface area contributed by atoms with Crippen molar-refractivity contribution in [2.75, 3.05) is 26.4 Å². The Morgan fingerprint density at radius 2 is 2.10 bits per heavy atom. The van der Waals surface area contributed by atoms with Crippen molar-refractivity contribution in [2.24, 2.45) is 5.92 Å². The molecule has 0 fully saturated rings. The molecule has 1 aromatic heterocycles. The lowest BCUT2D eigenvalue weighted by Gasteiger charge is -2.27. The molecule has 0 saturated heterocycles. The van der Waals surface area contributed by atoms with E-state index in [2.05, 4.69) is 34.4 Å². The van der Waals surface area contributed by atoms with E-state index >= 15 is 0 Å². The van der Waals surface area contributed by atoms with Gasteiger partial charge in [0.25, 0.3) is 0 Å². The summed E-state index contributed by atoms with van der Waals surface area (Å²) in [6.07, 6.45) is 0. The largest absolute Gasteiger partial charge is 0.369 e. The standard InChI is InChI=1S/C15H21N5/c1-10(2)14(9-19(3)4)20-13-7-11(8-16)5-6-12(13)18-15(20)17/h5-7,10,14H,9H2,1-4H3,(H2,17,18). The number of nitriles is 1. The minimum Gasteiger partial charge on any atom is -0.369 e. The minimum absolute atomic E-state index is 0.226. The average molecular weight is 271 g/mol. The van der Waals surface area contributed by atoms with Crippen molar-refractivity contribution < 1.29 is 0 Å². The van der Waals surface area contributed by atoms with E-state index in [0.717, 1.165) is 17.6 Å². The molecule has 0 saturated carbocycles. The SMILES string of the molecule is CC(C)C(CN(C)C)n1c(N)nc2ccc(C#N)cc21. The third-order valence-electron chi connectivity index (χ3n) is 3.50. The molecular formula is C15H21N5. The highest BCUT2D eigenvalue weighted by Crippen LogP contribution is 2.28. The van der Waals surface area contributed by atoms with Gasteiger partial charge in [0.1, 0.15) is 0 Å². The molecule has 0 bridgehead atoms. The van der Waals surface area contributed by atoms with Gasteiger partial charge in [0.2, 0.25) is 5.95 Å². The first-order chi connectivity index (χ1) is 9.43. The lowest BCUT2D eigenvalue weighted by atomic mass is 10.0. The van der Waals surface area contributed by atoms with E-state index < -0.39 is 0 Å². The molecule has 106 valence electrons. The molecule has 5 heteroatoms. The number of hydrogen-bond donors (Lipinski definition) is 1. The Labute approximate surface area is 119 Å². The summed E-state index contributed by atoms with van der Waals surface area (Å²) in [6.45, 7) is 5.23. The summed E-state index contributed by atoms with van der Waals surface area (Å²) in [5, 5.41) is 9.07. The first-order valence-electron chi connectivity index (χ1n) is 6.76. The number of imidazole rings is 1. The lowest BCUT2D eigenvalue weighted by molar-refractivity contribution is 0.275. The van der Waals surface area contributed by atoms with Gasteiger partial charge in [-0.15, -0.1) is 0 Å². The molecule has 1 heterocycles. The van der Waals surface area contributed by atoms with E-state index in [1.807, 2.05) is 26.2 Å². The number of rotatable bonds is 4. The zero-order valence-corrected chi connectivity index (χ0v) is 12.5. The van der Waals surface area contributed by atoms with Gasteiger partial charge in [0, 0.05) is 6.54 Å². The summed E-state index contributed by atoms with van der Waals surface area (Å²) in [7, 11) is 4.09. The Morgan fingerprint density at radius 1 is 1.40 bits per heavy atom. The van der Waals surface area contributed by atoms with E-state index in [0.29, 0.717) is 17.4 Å². The van der Waals surface area contributed by atoms with Crippen molar-refractivity contribution in [3.8, 4) is 6.07 Å². The number of benzene rings is 1. The minimum atomic E-state index is 0.226. The van der Waals surface area contributed by atoms with Crippen LogP contribution in [-0.2, 0) is 0 Å².